The van der Waals surface area contributed by atoms with Crippen LogP contribution in [0.2, 0.25) is 0 Å². The van der Waals surface area contributed by atoms with Crippen molar-refractivity contribution >= 4 is 22.4 Å². The van der Waals surface area contributed by atoms with Crippen LogP contribution in [-0.4, -0.2) is 26.6 Å². The van der Waals surface area contributed by atoms with Gasteiger partial charge < -0.3 is 9.73 Å². The number of unbranched alkanes of at least 4 members (excludes halogenated alkanes) is 1. The van der Waals surface area contributed by atoms with Gasteiger partial charge in [0.25, 0.3) is 5.91 Å². The summed E-state index contributed by atoms with van der Waals surface area (Å²) in [6.07, 6.45) is 6.65. The SMILES string of the molecule is CCCCS(=O)CCC.CCc1cccc(C(=O)Nc2ccc(-c3nc(C4CC4)c(C)o3)cc2)c1. The Morgan fingerprint density at radius 1 is 1.06 bits per heavy atom. The summed E-state index contributed by atoms with van der Waals surface area (Å²) in [6.45, 7) is 8.25. The monoisotopic (exact) mass is 494 g/mol. The molecule has 0 aliphatic heterocycles. The lowest BCUT2D eigenvalue weighted by molar-refractivity contribution is 0.102. The van der Waals surface area contributed by atoms with E-state index in [0.29, 0.717) is 17.4 Å². The lowest BCUT2D eigenvalue weighted by Crippen LogP contribution is -2.12. The molecule has 2 aromatic carbocycles. The Morgan fingerprint density at radius 3 is 2.43 bits per heavy atom. The molecule has 5 nitrogen and oxygen atoms in total. The second kappa shape index (κ2) is 13.4. The number of amides is 1. The zero-order valence-electron chi connectivity index (χ0n) is 21.4. The quantitative estimate of drug-likeness (QED) is 0.321. The largest absolute Gasteiger partial charge is 0.441 e. The van der Waals surface area contributed by atoms with Crippen molar-refractivity contribution < 1.29 is 13.4 Å². The van der Waals surface area contributed by atoms with Crippen LogP contribution in [0, 0.1) is 6.92 Å². The molecular weight excluding hydrogens is 456 g/mol. The van der Waals surface area contributed by atoms with Gasteiger partial charge in [0.2, 0.25) is 5.89 Å². The van der Waals surface area contributed by atoms with E-state index in [1.54, 1.807) is 0 Å². The van der Waals surface area contributed by atoms with Crippen LogP contribution in [0.4, 0.5) is 5.69 Å². The third-order valence-electron chi connectivity index (χ3n) is 5.94. The normalized spacial score (nSPS) is 13.6. The van der Waals surface area contributed by atoms with Crippen LogP contribution < -0.4 is 5.32 Å². The van der Waals surface area contributed by atoms with Crippen molar-refractivity contribution in [2.45, 2.75) is 72.1 Å². The molecule has 1 atom stereocenters. The zero-order valence-corrected chi connectivity index (χ0v) is 22.2. The predicted molar refractivity (Wildman–Crippen MR) is 145 cm³/mol. The summed E-state index contributed by atoms with van der Waals surface area (Å²) in [7, 11) is -0.520. The summed E-state index contributed by atoms with van der Waals surface area (Å²) < 4.78 is 16.7. The van der Waals surface area contributed by atoms with Gasteiger partial charge in [0.05, 0.1) is 5.69 Å². The smallest absolute Gasteiger partial charge is 0.255 e. The van der Waals surface area contributed by atoms with Crippen molar-refractivity contribution in [3.8, 4) is 11.5 Å². The van der Waals surface area contributed by atoms with E-state index in [4.69, 9.17) is 4.42 Å². The van der Waals surface area contributed by atoms with Crippen LogP contribution in [0.15, 0.2) is 52.9 Å². The van der Waals surface area contributed by atoms with Crippen molar-refractivity contribution in [3.05, 3.63) is 71.1 Å². The Hall–Kier alpha value is -2.73. The molecule has 1 unspecified atom stereocenters. The van der Waals surface area contributed by atoms with Gasteiger partial charge in [-0.25, -0.2) is 4.98 Å². The number of benzene rings is 2. The standard InChI is InChI=1S/C22H22N2O2.C7H16OS/c1-3-15-5-4-6-18(13-15)21(25)23-19-11-9-17(10-12-19)22-24-20(14(2)26-22)16-7-8-16;1-3-5-7-9(8)6-4-2/h4-6,9-13,16H,3,7-8H2,1-2H3,(H,23,25);3-7H2,1-2H3. The maximum absolute atomic E-state index is 12.4. The van der Waals surface area contributed by atoms with E-state index in [1.807, 2.05) is 55.5 Å². The molecule has 0 bridgehead atoms. The molecule has 188 valence electrons. The van der Waals surface area contributed by atoms with Crippen LogP contribution in [0.1, 0.15) is 86.2 Å². The lowest BCUT2D eigenvalue weighted by Gasteiger charge is -2.07. The Morgan fingerprint density at radius 2 is 1.80 bits per heavy atom. The number of rotatable bonds is 10. The molecule has 0 spiro atoms. The number of hydrogen-bond donors (Lipinski definition) is 1. The first-order valence-electron chi connectivity index (χ1n) is 12.8. The second-order valence-corrected chi connectivity index (χ2v) is 10.7. The van der Waals surface area contributed by atoms with Gasteiger partial charge >= 0.3 is 0 Å². The summed E-state index contributed by atoms with van der Waals surface area (Å²) in [5.41, 5.74) is 4.59. The van der Waals surface area contributed by atoms with Crippen LogP contribution in [0.3, 0.4) is 0 Å². The molecule has 0 radical (unpaired) electrons. The fourth-order valence-corrected chi connectivity index (χ4v) is 5.00. The van der Waals surface area contributed by atoms with Crippen molar-refractivity contribution in [2.75, 3.05) is 16.8 Å². The third-order valence-corrected chi connectivity index (χ3v) is 7.55. The molecule has 1 aliphatic rings. The van der Waals surface area contributed by atoms with Crippen molar-refractivity contribution in [1.29, 1.82) is 0 Å². The lowest BCUT2D eigenvalue weighted by atomic mass is 10.1. The van der Waals surface area contributed by atoms with Gasteiger partial charge in [-0.3, -0.25) is 9.00 Å². The fourth-order valence-electron chi connectivity index (χ4n) is 3.73. The molecule has 35 heavy (non-hydrogen) atoms. The highest BCUT2D eigenvalue weighted by molar-refractivity contribution is 7.84. The molecule has 1 N–H and O–H groups in total. The van der Waals surface area contributed by atoms with Crippen LogP contribution in [-0.2, 0) is 17.2 Å². The predicted octanol–water partition coefficient (Wildman–Crippen LogP) is 7.29. The number of nitrogens with one attached hydrogen (secondary N) is 1. The number of carbonyl (C=O) groups is 1. The van der Waals surface area contributed by atoms with Crippen molar-refractivity contribution in [2.24, 2.45) is 0 Å². The first-order valence-corrected chi connectivity index (χ1v) is 14.3. The van der Waals surface area contributed by atoms with Gasteiger partial charge in [-0.15, -0.1) is 0 Å². The van der Waals surface area contributed by atoms with E-state index < -0.39 is 10.8 Å². The molecule has 6 heteroatoms. The van der Waals surface area contributed by atoms with Crippen molar-refractivity contribution in [1.82, 2.24) is 4.98 Å². The molecule has 3 aromatic rings. The summed E-state index contributed by atoms with van der Waals surface area (Å²) in [5, 5.41) is 2.94. The van der Waals surface area contributed by atoms with Gasteiger partial charge in [-0.05, 0) is 81.0 Å². The molecule has 1 heterocycles. The summed E-state index contributed by atoms with van der Waals surface area (Å²) >= 11 is 0. The molecule has 1 fully saturated rings. The van der Waals surface area contributed by atoms with Crippen LogP contribution in [0.25, 0.3) is 11.5 Å². The number of aryl methyl sites for hydroxylation is 2. The Labute approximate surface area is 212 Å². The van der Waals surface area contributed by atoms with E-state index in [-0.39, 0.29) is 5.91 Å². The van der Waals surface area contributed by atoms with Gasteiger partial charge in [-0.2, -0.15) is 0 Å². The third kappa shape index (κ3) is 8.17. The van der Waals surface area contributed by atoms with Gasteiger partial charge in [0, 0.05) is 45.0 Å². The topological polar surface area (TPSA) is 72.2 Å². The first kappa shape index (κ1) is 26.9. The molecular formula is C29H38N2O3S. The average Bonchev–Trinajstić information content (AvgIpc) is 3.65. The first-order chi connectivity index (χ1) is 16.9. The summed E-state index contributed by atoms with van der Waals surface area (Å²) in [5.74, 6) is 3.83. The second-order valence-electron chi connectivity index (χ2n) is 9.02. The highest BCUT2D eigenvalue weighted by Crippen LogP contribution is 2.42. The molecule has 1 aliphatic carbocycles. The number of anilines is 1. The minimum atomic E-state index is -0.520. The number of nitrogens with zero attached hydrogens (tertiary/aromatic N) is 1. The minimum absolute atomic E-state index is 0.101. The minimum Gasteiger partial charge on any atom is -0.441 e. The van der Waals surface area contributed by atoms with Crippen molar-refractivity contribution in [3.63, 3.8) is 0 Å². The number of carbonyl (C=O) groups excluding carboxylic acids is 1. The molecule has 1 amide bonds. The summed E-state index contributed by atoms with van der Waals surface area (Å²) in [4.78, 5) is 17.1. The summed E-state index contributed by atoms with van der Waals surface area (Å²) in [6, 6.07) is 15.3. The average molecular weight is 495 g/mol. The van der Waals surface area contributed by atoms with Crippen LogP contribution in [0.5, 0.6) is 0 Å². The Kier molecular flexibility index (Phi) is 10.3. The Balaban J connectivity index is 0.000000327. The molecule has 0 saturated heterocycles. The highest BCUT2D eigenvalue weighted by atomic mass is 32.2. The van der Waals surface area contributed by atoms with Crippen LogP contribution >= 0.6 is 0 Å². The van der Waals surface area contributed by atoms with E-state index in [1.165, 1.54) is 12.8 Å². The maximum atomic E-state index is 12.4. The highest BCUT2D eigenvalue weighted by Gasteiger charge is 2.29. The number of oxazole rings is 1. The molecule has 1 saturated carbocycles. The number of aromatic nitrogens is 1. The maximum Gasteiger partial charge on any atom is 0.255 e. The number of hydrogen-bond acceptors (Lipinski definition) is 4. The van der Waals surface area contributed by atoms with E-state index in [2.05, 4.69) is 31.1 Å². The zero-order chi connectivity index (χ0) is 25.2. The van der Waals surface area contributed by atoms with Gasteiger partial charge in [-0.1, -0.05) is 39.3 Å². The van der Waals surface area contributed by atoms with Gasteiger partial charge in [0.1, 0.15) is 5.76 Å². The molecule has 1 aromatic heterocycles. The van der Waals surface area contributed by atoms with Gasteiger partial charge in [0.15, 0.2) is 0 Å². The fraction of sp³-hybridized carbons (Fsp3) is 0.448. The van der Waals surface area contributed by atoms with E-state index in [9.17, 15) is 9.00 Å². The molecule has 4 rings (SSSR count). The van der Waals surface area contributed by atoms with E-state index in [0.717, 1.165) is 65.5 Å². The Bertz CT molecular complexity index is 1120. The van der Waals surface area contributed by atoms with E-state index >= 15 is 0 Å².